The van der Waals surface area contributed by atoms with E-state index >= 15 is 0 Å². The zero-order valence-corrected chi connectivity index (χ0v) is 32.3. The lowest BCUT2D eigenvalue weighted by Gasteiger charge is -2.24. The van der Waals surface area contributed by atoms with Crippen molar-refractivity contribution in [3.63, 3.8) is 0 Å². The lowest BCUT2D eigenvalue weighted by atomic mass is 9.95. The first-order chi connectivity index (χ1) is 29.7. The fourth-order valence-corrected chi connectivity index (χ4v) is 8.79. The van der Waals surface area contributed by atoms with Crippen LogP contribution in [0.15, 0.2) is 219 Å². The van der Waals surface area contributed by atoms with Crippen LogP contribution in [0.5, 0.6) is 0 Å². The smallest absolute Gasteiger partial charge is 0.163 e. The summed E-state index contributed by atoms with van der Waals surface area (Å²) in [5.74, 6) is 1.34. The van der Waals surface area contributed by atoms with E-state index in [1.807, 2.05) is 36.4 Å². The van der Waals surface area contributed by atoms with Crippen molar-refractivity contribution in [3.05, 3.63) is 217 Å². The second-order valence-electron chi connectivity index (χ2n) is 15.4. The van der Waals surface area contributed by atoms with E-state index in [4.69, 9.17) is 18.8 Å². The van der Waals surface area contributed by atoms with Crippen molar-refractivity contribution in [2.24, 2.45) is 9.98 Å². The van der Waals surface area contributed by atoms with Crippen LogP contribution in [0.4, 0.5) is 0 Å². The first-order valence-corrected chi connectivity index (χ1v) is 20.2. The van der Waals surface area contributed by atoms with Gasteiger partial charge in [-0.15, -0.1) is 0 Å². The summed E-state index contributed by atoms with van der Waals surface area (Å²) in [6.07, 6.45) is -0.443. The van der Waals surface area contributed by atoms with Gasteiger partial charge in [-0.3, -0.25) is 0 Å². The first kappa shape index (κ1) is 34.1. The van der Waals surface area contributed by atoms with Gasteiger partial charge in [-0.1, -0.05) is 146 Å². The van der Waals surface area contributed by atoms with Gasteiger partial charge in [0.15, 0.2) is 5.84 Å². The zero-order chi connectivity index (χ0) is 39.6. The Morgan fingerprint density at radius 3 is 1.80 bits per heavy atom. The molecule has 1 atom stereocenters. The van der Waals surface area contributed by atoms with Gasteiger partial charge in [-0.25, -0.2) is 9.98 Å². The van der Waals surface area contributed by atoms with Crippen LogP contribution < -0.4 is 5.32 Å². The molecule has 0 bridgehead atoms. The van der Waals surface area contributed by atoms with E-state index in [0.717, 1.165) is 111 Å². The summed E-state index contributed by atoms with van der Waals surface area (Å²) < 4.78 is 12.8. The number of hydrogen-bond donors (Lipinski definition) is 1. The number of para-hydroxylation sites is 3. The highest BCUT2D eigenvalue weighted by Crippen LogP contribution is 2.39. The van der Waals surface area contributed by atoms with Crippen molar-refractivity contribution in [2.45, 2.75) is 6.17 Å². The molecule has 0 saturated heterocycles. The zero-order valence-electron chi connectivity index (χ0n) is 32.3. The van der Waals surface area contributed by atoms with Gasteiger partial charge in [0.25, 0.3) is 0 Å². The topological polar surface area (TPSA) is 63.0 Å². The van der Waals surface area contributed by atoms with Crippen LogP contribution >= 0.6 is 0 Å². The van der Waals surface area contributed by atoms with Crippen LogP contribution in [-0.2, 0) is 0 Å². The molecule has 0 aliphatic carbocycles. The molecule has 2 aromatic heterocycles. The molecule has 0 fully saturated rings. The van der Waals surface area contributed by atoms with E-state index in [1.165, 1.54) is 0 Å². The van der Waals surface area contributed by atoms with E-state index in [9.17, 15) is 0 Å². The summed E-state index contributed by atoms with van der Waals surface area (Å²) in [7, 11) is 0. The van der Waals surface area contributed by atoms with Crippen molar-refractivity contribution < 1.29 is 8.83 Å². The Morgan fingerprint density at radius 2 is 1.02 bits per heavy atom. The first-order valence-electron chi connectivity index (χ1n) is 20.2. The highest BCUT2D eigenvalue weighted by molar-refractivity contribution is 6.20. The summed E-state index contributed by atoms with van der Waals surface area (Å²) in [4.78, 5) is 10.7. The molecule has 1 unspecified atom stereocenters. The second kappa shape index (κ2) is 13.8. The van der Waals surface area contributed by atoms with Gasteiger partial charge < -0.3 is 14.2 Å². The van der Waals surface area contributed by atoms with Gasteiger partial charge in [0.2, 0.25) is 0 Å². The number of nitrogens with zero attached hydrogens (tertiary/aromatic N) is 2. The number of benzene rings is 9. The van der Waals surface area contributed by atoms with Gasteiger partial charge in [0, 0.05) is 27.1 Å². The van der Waals surface area contributed by atoms with Crippen LogP contribution in [0.2, 0.25) is 0 Å². The molecule has 0 radical (unpaired) electrons. The number of aliphatic imine (C=N–C) groups is 2. The maximum Gasteiger partial charge on any atom is 0.163 e. The highest BCUT2D eigenvalue weighted by atomic mass is 16.3. The second-order valence-corrected chi connectivity index (χ2v) is 15.4. The summed E-state index contributed by atoms with van der Waals surface area (Å²) in [5, 5.41) is 10.4. The molecule has 0 saturated carbocycles. The molecule has 282 valence electrons. The Bertz CT molecular complexity index is 3470. The van der Waals surface area contributed by atoms with Gasteiger partial charge in [0.05, 0.1) is 5.56 Å². The number of nitrogens with one attached hydrogen (secondary N) is 1. The lowest BCUT2D eigenvalue weighted by molar-refractivity contribution is 0.663. The largest absolute Gasteiger partial charge is 0.456 e. The molecule has 1 aliphatic heterocycles. The van der Waals surface area contributed by atoms with Crippen molar-refractivity contribution in [1.29, 1.82) is 0 Å². The van der Waals surface area contributed by atoms with Crippen LogP contribution in [-0.4, -0.2) is 11.7 Å². The van der Waals surface area contributed by atoms with Gasteiger partial charge in [-0.05, 0) is 104 Å². The molecule has 12 rings (SSSR count). The molecule has 1 N–H and O–H groups in total. The van der Waals surface area contributed by atoms with Crippen LogP contribution in [0.1, 0.15) is 22.9 Å². The number of hydrogen-bond acceptors (Lipinski definition) is 5. The Labute approximate surface area is 345 Å². The Hall–Kier alpha value is -8.02. The summed E-state index contributed by atoms with van der Waals surface area (Å²) in [6.45, 7) is 0. The maximum atomic E-state index is 6.56. The Morgan fingerprint density at radius 1 is 0.400 bits per heavy atom. The maximum absolute atomic E-state index is 6.56. The predicted molar refractivity (Wildman–Crippen MR) is 247 cm³/mol. The van der Waals surface area contributed by atoms with Crippen molar-refractivity contribution >= 4 is 66.3 Å². The summed E-state index contributed by atoms with van der Waals surface area (Å²) in [6, 6.07) is 70.0. The van der Waals surface area contributed by atoms with Gasteiger partial charge >= 0.3 is 0 Å². The third-order valence-electron chi connectivity index (χ3n) is 11.7. The highest BCUT2D eigenvalue weighted by Gasteiger charge is 2.25. The SMILES string of the molecule is c1ccc(-c2cc(C3=NC(c4cccc5c4oc4ccccc45)=NC(c4ccc5ccc(-c6cccc7oc8ccccc8c67)cc5c4)N3)cc(-c3ccccc3)c2)cc1. The van der Waals surface area contributed by atoms with E-state index in [1.54, 1.807) is 0 Å². The molecular formula is C55H35N3O2. The predicted octanol–water partition coefficient (Wildman–Crippen LogP) is 14.1. The average Bonchev–Trinajstić information content (AvgIpc) is 3.90. The third-order valence-corrected chi connectivity index (χ3v) is 11.7. The summed E-state index contributed by atoms with van der Waals surface area (Å²) >= 11 is 0. The number of furan rings is 2. The fourth-order valence-electron chi connectivity index (χ4n) is 8.79. The van der Waals surface area contributed by atoms with Crippen molar-refractivity contribution in [3.8, 4) is 33.4 Å². The minimum atomic E-state index is -0.443. The van der Waals surface area contributed by atoms with Crippen molar-refractivity contribution in [1.82, 2.24) is 5.32 Å². The van der Waals surface area contributed by atoms with Gasteiger partial charge in [-0.2, -0.15) is 0 Å². The molecule has 5 nitrogen and oxygen atoms in total. The number of amidine groups is 2. The lowest BCUT2D eigenvalue weighted by Crippen LogP contribution is -2.33. The molecule has 1 aliphatic rings. The third kappa shape index (κ3) is 5.78. The fraction of sp³-hybridized carbons (Fsp3) is 0.0182. The molecule has 11 aromatic rings. The standard InChI is InChI=1S/C55H35N3O2/c1-3-13-34(14-4-1)40-31-41(35-15-5-2-6-16-35)33-42(32-40)54-56-53(57-55(58-54)47-21-11-20-45-44-17-7-9-22-48(44)60-52(45)47)38-28-26-36-25-27-37(29-39(36)30-38)43-19-12-24-50-51(43)46-18-8-10-23-49(46)59-50/h1-33,53H,(H,56,57,58). The van der Waals surface area contributed by atoms with E-state index in [-0.39, 0.29) is 0 Å². The van der Waals surface area contributed by atoms with E-state index < -0.39 is 6.17 Å². The Kier molecular flexibility index (Phi) is 7.85. The molecule has 5 heteroatoms. The molecule has 60 heavy (non-hydrogen) atoms. The Balaban J connectivity index is 1.03. The minimum absolute atomic E-state index is 0.443. The monoisotopic (exact) mass is 769 g/mol. The van der Waals surface area contributed by atoms with E-state index in [0.29, 0.717) is 5.84 Å². The van der Waals surface area contributed by atoms with E-state index in [2.05, 4.69) is 169 Å². The quantitative estimate of drug-likeness (QED) is 0.183. The van der Waals surface area contributed by atoms with Crippen LogP contribution in [0.3, 0.4) is 0 Å². The van der Waals surface area contributed by atoms with Crippen LogP contribution in [0.25, 0.3) is 88.0 Å². The molecule has 0 spiro atoms. The minimum Gasteiger partial charge on any atom is -0.456 e. The average molecular weight is 770 g/mol. The van der Waals surface area contributed by atoms with Crippen LogP contribution in [0, 0.1) is 0 Å². The molecule has 3 heterocycles. The number of fused-ring (bicyclic) bond motifs is 7. The van der Waals surface area contributed by atoms with Crippen molar-refractivity contribution in [2.75, 3.05) is 0 Å². The molecule has 0 amide bonds. The number of rotatable bonds is 6. The molecular weight excluding hydrogens is 735 g/mol. The normalized spacial score (nSPS) is 14.2. The molecule has 9 aromatic carbocycles. The summed E-state index contributed by atoms with van der Waals surface area (Å²) in [5.41, 5.74) is 13.0. The van der Waals surface area contributed by atoms with Gasteiger partial charge in [0.1, 0.15) is 34.3 Å².